The lowest BCUT2D eigenvalue weighted by Crippen LogP contribution is -2.30. The van der Waals surface area contributed by atoms with Gasteiger partial charge >= 0.3 is 0 Å². The molecule has 1 aromatic heterocycles. The number of aromatic nitrogens is 2. The molecule has 1 fully saturated rings. The maximum absolute atomic E-state index is 11.9. The minimum absolute atomic E-state index is 0.0323. The Labute approximate surface area is 121 Å². The Morgan fingerprint density at radius 2 is 2.37 bits per heavy atom. The first-order valence-corrected chi connectivity index (χ1v) is 7.62. The van der Waals surface area contributed by atoms with Crippen LogP contribution in [0, 0.1) is 6.92 Å². The van der Waals surface area contributed by atoms with Gasteiger partial charge in [0.05, 0.1) is 12.2 Å². The van der Waals surface area contributed by atoms with Gasteiger partial charge in [0.25, 0.3) is 0 Å². The van der Waals surface area contributed by atoms with Crippen LogP contribution < -0.4 is 4.74 Å². The maximum atomic E-state index is 11.9. The molecule has 1 aliphatic rings. The van der Waals surface area contributed by atoms with Crippen LogP contribution in [0.25, 0.3) is 0 Å². The highest BCUT2D eigenvalue weighted by Gasteiger charge is 2.27. The van der Waals surface area contributed by atoms with Gasteiger partial charge in [0.2, 0.25) is 11.8 Å². The van der Waals surface area contributed by atoms with Gasteiger partial charge in [-0.25, -0.2) is 0 Å². The number of halogens is 1. The largest absolute Gasteiger partial charge is 0.471 e. The highest BCUT2D eigenvalue weighted by atomic mass is 79.9. The number of alkyl halides is 1. The van der Waals surface area contributed by atoms with Crippen molar-refractivity contribution in [2.75, 3.05) is 18.4 Å². The fourth-order valence-corrected chi connectivity index (χ4v) is 2.33. The molecule has 6 heteroatoms. The van der Waals surface area contributed by atoms with E-state index >= 15 is 0 Å². The van der Waals surface area contributed by atoms with Gasteiger partial charge in [0, 0.05) is 30.8 Å². The zero-order chi connectivity index (χ0) is 13.7. The van der Waals surface area contributed by atoms with Gasteiger partial charge in [-0.05, 0) is 19.4 Å². The zero-order valence-electron chi connectivity index (χ0n) is 11.0. The molecule has 1 atom stereocenters. The number of aryl methyl sites for hydroxylation is 1. The van der Waals surface area contributed by atoms with E-state index in [0.29, 0.717) is 18.8 Å². The van der Waals surface area contributed by atoms with E-state index in [-0.39, 0.29) is 12.0 Å². The third kappa shape index (κ3) is 4.16. The van der Waals surface area contributed by atoms with Gasteiger partial charge in [-0.2, -0.15) is 5.10 Å². The molecule has 104 valence electrons. The zero-order valence-corrected chi connectivity index (χ0v) is 12.6. The van der Waals surface area contributed by atoms with Crippen molar-refractivity contribution >= 4 is 21.8 Å². The number of nitrogens with zero attached hydrogens (tertiary/aromatic N) is 3. The first-order chi connectivity index (χ1) is 9.19. The SMILES string of the molecule is Cc1ccc(OC2CCN(C(=O)CCCBr)C2)nn1. The molecule has 1 amide bonds. The summed E-state index contributed by atoms with van der Waals surface area (Å²) in [5, 5.41) is 8.80. The van der Waals surface area contributed by atoms with Gasteiger partial charge in [0.15, 0.2) is 0 Å². The molecule has 0 aromatic carbocycles. The third-order valence-corrected chi connectivity index (χ3v) is 3.64. The quantitative estimate of drug-likeness (QED) is 0.775. The second-order valence-electron chi connectivity index (χ2n) is 4.67. The van der Waals surface area contributed by atoms with E-state index < -0.39 is 0 Å². The van der Waals surface area contributed by atoms with Crippen molar-refractivity contribution in [3.8, 4) is 5.88 Å². The summed E-state index contributed by atoms with van der Waals surface area (Å²) in [4.78, 5) is 13.7. The number of carbonyl (C=O) groups is 1. The fourth-order valence-electron chi connectivity index (χ4n) is 2.05. The number of ether oxygens (including phenoxy) is 1. The molecular formula is C13H18BrN3O2. The van der Waals surface area contributed by atoms with Crippen LogP contribution in [-0.4, -0.2) is 45.5 Å². The molecular weight excluding hydrogens is 310 g/mol. The van der Waals surface area contributed by atoms with Crippen molar-refractivity contribution in [3.63, 3.8) is 0 Å². The van der Waals surface area contributed by atoms with Gasteiger partial charge in [-0.15, -0.1) is 5.10 Å². The Morgan fingerprint density at radius 1 is 1.53 bits per heavy atom. The Kier molecular flexibility index (Phi) is 5.13. The minimum atomic E-state index is 0.0323. The molecule has 5 nitrogen and oxygen atoms in total. The summed E-state index contributed by atoms with van der Waals surface area (Å²) < 4.78 is 5.74. The first-order valence-electron chi connectivity index (χ1n) is 6.50. The van der Waals surface area contributed by atoms with Crippen LogP contribution in [0.15, 0.2) is 12.1 Å². The van der Waals surface area contributed by atoms with Crippen LogP contribution in [-0.2, 0) is 4.79 Å². The van der Waals surface area contributed by atoms with Crippen LogP contribution in [0.3, 0.4) is 0 Å². The summed E-state index contributed by atoms with van der Waals surface area (Å²) in [6.45, 7) is 3.30. The standard InChI is InChI=1S/C13H18BrN3O2/c1-10-4-5-12(16-15-10)19-11-6-8-17(9-11)13(18)3-2-7-14/h4-5,11H,2-3,6-9H2,1H3. The van der Waals surface area contributed by atoms with E-state index in [4.69, 9.17) is 4.74 Å². The lowest BCUT2D eigenvalue weighted by molar-refractivity contribution is -0.130. The molecule has 0 N–H and O–H groups in total. The summed E-state index contributed by atoms with van der Waals surface area (Å²) in [5.74, 6) is 0.742. The van der Waals surface area contributed by atoms with Crippen molar-refractivity contribution < 1.29 is 9.53 Å². The topological polar surface area (TPSA) is 55.3 Å². The predicted molar refractivity (Wildman–Crippen MR) is 75.4 cm³/mol. The Bertz CT molecular complexity index is 424. The lowest BCUT2D eigenvalue weighted by Gasteiger charge is -2.16. The Balaban J connectivity index is 1.81. The maximum Gasteiger partial charge on any atom is 0.233 e. The van der Waals surface area contributed by atoms with Crippen LogP contribution in [0.4, 0.5) is 0 Å². The number of carbonyl (C=O) groups excluding carboxylic acids is 1. The van der Waals surface area contributed by atoms with E-state index in [1.165, 1.54) is 0 Å². The molecule has 0 saturated carbocycles. The summed E-state index contributed by atoms with van der Waals surface area (Å²) in [6, 6.07) is 3.69. The average molecular weight is 328 g/mol. The fraction of sp³-hybridized carbons (Fsp3) is 0.615. The van der Waals surface area contributed by atoms with E-state index in [1.807, 2.05) is 24.0 Å². The normalized spacial score (nSPS) is 18.6. The predicted octanol–water partition coefficient (Wildman–Crippen LogP) is 1.94. The van der Waals surface area contributed by atoms with E-state index in [1.54, 1.807) is 0 Å². The van der Waals surface area contributed by atoms with Crippen molar-refractivity contribution in [3.05, 3.63) is 17.8 Å². The highest BCUT2D eigenvalue weighted by Crippen LogP contribution is 2.17. The number of hydrogen-bond acceptors (Lipinski definition) is 4. The summed E-state index contributed by atoms with van der Waals surface area (Å²) in [6.07, 6.45) is 2.37. The Hall–Kier alpha value is -1.17. The van der Waals surface area contributed by atoms with Gasteiger partial charge in [-0.3, -0.25) is 4.79 Å². The van der Waals surface area contributed by atoms with Crippen LogP contribution in [0.5, 0.6) is 5.88 Å². The van der Waals surface area contributed by atoms with E-state index in [2.05, 4.69) is 26.1 Å². The van der Waals surface area contributed by atoms with Crippen molar-refractivity contribution in [2.24, 2.45) is 0 Å². The molecule has 19 heavy (non-hydrogen) atoms. The molecule has 2 rings (SSSR count). The molecule has 1 saturated heterocycles. The minimum Gasteiger partial charge on any atom is -0.471 e. The van der Waals surface area contributed by atoms with Crippen molar-refractivity contribution in [1.29, 1.82) is 0 Å². The average Bonchev–Trinajstić information content (AvgIpc) is 2.87. The summed E-state index contributed by atoms with van der Waals surface area (Å²) in [7, 11) is 0. The number of amides is 1. The summed E-state index contributed by atoms with van der Waals surface area (Å²) in [5.41, 5.74) is 0.866. The van der Waals surface area contributed by atoms with Crippen molar-refractivity contribution in [1.82, 2.24) is 15.1 Å². The van der Waals surface area contributed by atoms with E-state index in [9.17, 15) is 4.79 Å². The second kappa shape index (κ2) is 6.84. The first kappa shape index (κ1) is 14.2. The number of hydrogen-bond donors (Lipinski definition) is 0. The van der Waals surface area contributed by atoms with Crippen LogP contribution in [0.1, 0.15) is 25.0 Å². The van der Waals surface area contributed by atoms with Gasteiger partial charge < -0.3 is 9.64 Å². The summed E-state index contributed by atoms with van der Waals surface area (Å²) >= 11 is 3.34. The molecule has 0 radical (unpaired) electrons. The Morgan fingerprint density at radius 3 is 3.05 bits per heavy atom. The number of rotatable bonds is 5. The molecule has 0 bridgehead atoms. The molecule has 1 aromatic rings. The second-order valence-corrected chi connectivity index (χ2v) is 5.47. The van der Waals surface area contributed by atoms with Gasteiger partial charge in [0.1, 0.15) is 6.10 Å². The molecule has 0 spiro atoms. The number of likely N-dealkylation sites (tertiary alicyclic amines) is 1. The smallest absolute Gasteiger partial charge is 0.233 e. The monoisotopic (exact) mass is 327 g/mol. The lowest BCUT2D eigenvalue weighted by atomic mass is 10.3. The molecule has 0 aliphatic carbocycles. The molecule has 1 aliphatic heterocycles. The highest BCUT2D eigenvalue weighted by molar-refractivity contribution is 9.09. The van der Waals surface area contributed by atoms with Gasteiger partial charge in [-0.1, -0.05) is 15.9 Å². The van der Waals surface area contributed by atoms with Crippen molar-refractivity contribution in [2.45, 2.75) is 32.3 Å². The van der Waals surface area contributed by atoms with Crippen LogP contribution in [0.2, 0.25) is 0 Å². The molecule has 2 heterocycles. The van der Waals surface area contributed by atoms with E-state index in [0.717, 1.165) is 30.4 Å². The third-order valence-electron chi connectivity index (χ3n) is 3.08. The van der Waals surface area contributed by atoms with Crippen LogP contribution >= 0.6 is 15.9 Å². The molecule has 1 unspecified atom stereocenters.